The van der Waals surface area contributed by atoms with Crippen LogP contribution < -0.4 is 15.0 Å². The highest BCUT2D eigenvalue weighted by Crippen LogP contribution is 2.45. The van der Waals surface area contributed by atoms with Gasteiger partial charge in [-0.2, -0.15) is 0 Å². The summed E-state index contributed by atoms with van der Waals surface area (Å²) in [6, 6.07) is 8.77. The monoisotopic (exact) mass is 444 g/mol. The van der Waals surface area contributed by atoms with Gasteiger partial charge in [0.2, 0.25) is 0 Å². The van der Waals surface area contributed by atoms with E-state index in [-0.39, 0.29) is 11.8 Å². The van der Waals surface area contributed by atoms with E-state index in [0.717, 1.165) is 58.7 Å². The summed E-state index contributed by atoms with van der Waals surface area (Å²) in [5.41, 5.74) is 7.18. The van der Waals surface area contributed by atoms with Gasteiger partial charge >= 0.3 is 6.03 Å². The number of halogens is 1. The van der Waals surface area contributed by atoms with Crippen molar-refractivity contribution in [1.29, 1.82) is 0 Å². The molecule has 1 aliphatic carbocycles. The zero-order chi connectivity index (χ0) is 22.7. The number of hydrogen-bond acceptors (Lipinski definition) is 4. The summed E-state index contributed by atoms with van der Waals surface area (Å²) in [6.45, 7) is 4.45. The van der Waals surface area contributed by atoms with Crippen molar-refractivity contribution in [2.24, 2.45) is 0 Å². The molecule has 3 aromatic rings. The van der Waals surface area contributed by atoms with E-state index in [4.69, 9.17) is 9.72 Å². The molecule has 2 amide bonds. The van der Waals surface area contributed by atoms with Gasteiger partial charge < -0.3 is 10.1 Å². The Hall–Kier alpha value is -3.48. The van der Waals surface area contributed by atoms with Crippen molar-refractivity contribution in [2.45, 2.75) is 58.1 Å². The zero-order valence-corrected chi connectivity index (χ0v) is 18.7. The van der Waals surface area contributed by atoms with Crippen LogP contribution in [0.2, 0.25) is 0 Å². The van der Waals surface area contributed by atoms with Crippen LogP contribution in [0, 0.1) is 19.7 Å². The van der Waals surface area contributed by atoms with Crippen LogP contribution >= 0.6 is 0 Å². The minimum atomic E-state index is -0.446. The first-order valence-corrected chi connectivity index (χ1v) is 11.5. The molecule has 1 aromatic carbocycles. The average Bonchev–Trinajstić information content (AvgIpc) is 3.63. The summed E-state index contributed by atoms with van der Waals surface area (Å²) in [5, 5.41) is 3.07. The number of benzene rings is 1. The predicted octanol–water partition coefficient (Wildman–Crippen LogP) is 5.73. The van der Waals surface area contributed by atoms with Crippen molar-refractivity contribution in [3.8, 4) is 5.75 Å². The molecule has 0 radical (unpaired) electrons. The first-order chi connectivity index (χ1) is 16.0. The smallest absolute Gasteiger partial charge is 0.326 e. The van der Waals surface area contributed by atoms with E-state index >= 15 is 0 Å². The summed E-state index contributed by atoms with van der Waals surface area (Å²) in [4.78, 5) is 23.9. The number of carbonyl (C=O) groups is 1. The molecular weight excluding hydrogens is 419 g/mol. The molecule has 1 atom stereocenters. The average molecular weight is 445 g/mol. The third-order valence-electron chi connectivity index (χ3n) is 6.76. The van der Waals surface area contributed by atoms with Crippen LogP contribution in [0.1, 0.15) is 65.1 Å². The Morgan fingerprint density at radius 1 is 1.15 bits per heavy atom. The molecule has 0 spiro atoms. The highest BCUT2D eigenvalue weighted by atomic mass is 19.1. The topological polar surface area (TPSA) is 67.3 Å². The summed E-state index contributed by atoms with van der Waals surface area (Å²) in [6.07, 6.45) is 4.86. The summed E-state index contributed by atoms with van der Waals surface area (Å²) >= 11 is 0. The van der Waals surface area contributed by atoms with Crippen LogP contribution in [-0.4, -0.2) is 16.0 Å². The Balaban J connectivity index is 1.35. The van der Waals surface area contributed by atoms with Gasteiger partial charge in [-0.1, -0.05) is 6.07 Å². The van der Waals surface area contributed by atoms with Gasteiger partial charge in [0, 0.05) is 29.4 Å². The number of aromatic nitrogens is 2. The Morgan fingerprint density at radius 2 is 2.00 bits per heavy atom. The van der Waals surface area contributed by atoms with Gasteiger partial charge in [-0.3, -0.25) is 14.9 Å². The maximum Gasteiger partial charge on any atom is 0.326 e. The van der Waals surface area contributed by atoms with Crippen LogP contribution in [-0.2, 0) is 13.0 Å². The first-order valence-electron chi connectivity index (χ1n) is 11.5. The second-order valence-electron chi connectivity index (χ2n) is 9.23. The van der Waals surface area contributed by atoms with Crippen molar-refractivity contribution in [1.82, 2.24) is 9.97 Å². The lowest BCUT2D eigenvalue weighted by Gasteiger charge is -2.33. The second kappa shape index (κ2) is 7.54. The summed E-state index contributed by atoms with van der Waals surface area (Å²) in [5.74, 6) is 0.804. The molecule has 4 heterocycles. The lowest BCUT2D eigenvalue weighted by atomic mass is 9.96. The van der Waals surface area contributed by atoms with Crippen molar-refractivity contribution in [3.05, 3.63) is 76.1 Å². The largest absolute Gasteiger partial charge is 0.484 e. The number of anilines is 2. The maximum absolute atomic E-state index is 14.3. The van der Waals surface area contributed by atoms with Gasteiger partial charge in [-0.15, -0.1) is 0 Å². The van der Waals surface area contributed by atoms with Crippen molar-refractivity contribution in [2.75, 3.05) is 10.2 Å². The standard InChI is InChI=1S/C26H25FN4O2/c1-14-10-17-7-8-22(25-19(27)4-3-9-28-25)33-23(17)12-21(14)31-13-18-20(30-26(31)32)11-15(2)29-24(18)16-5-6-16/h3-4,9-12,16,22H,5-8,13H2,1-2H3,(H,30,32). The molecule has 0 saturated heterocycles. The molecular formula is C26H25FN4O2. The number of pyridine rings is 2. The second-order valence-corrected chi connectivity index (χ2v) is 9.23. The summed E-state index contributed by atoms with van der Waals surface area (Å²) in [7, 11) is 0. The molecule has 1 fully saturated rings. The van der Waals surface area contributed by atoms with Gasteiger partial charge in [-0.25, -0.2) is 9.18 Å². The number of amides is 2. The fourth-order valence-electron chi connectivity index (χ4n) is 4.96. The van der Waals surface area contributed by atoms with Crippen LogP contribution in [0.4, 0.5) is 20.6 Å². The molecule has 3 aliphatic rings. The fourth-order valence-corrected chi connectivity index (χ4v) is 4.96. The van der Waals surface area contributed by atoms with E-state index in [1.54, 1.807) is 17.2 Å². The van der Waals surface area contributed by atoms with Gasteiger partial charge in [-0.05, 0) is 68.9 Å². The molecule has 1 N–H and O–H groups in total. The molecule has 1 unspecified atom stereocenters. The van der Waals surface area contributed by atoms with E-state index in [9.17, 15) is 9.18 Å². The lowest BCUT2D eigenvalue weighted by molar-refractivity contribution is 0.167. The summed E-state index contributed by atoms with van der Waals surface area (Å²) < 4.78 is 20.5. The molecule has 168 valence electrons. The van der Waals surface area contributed by atoms with E-state index in [1.165, 1.54) is 6.07 Å². The Kier molecular flexibility index (Phi) is 4.60. The lowest BCUT2D eigenvalue weighted by Crippen LogP contribution is -2.40. The van der Waals surface area contributed by atoms with Crippen molar-refractivity contribution >= 4 is 17.4 Å². The number of ether oxygens (including phenoxy) is 1. The minimum Gasteiger partial charge on any atom is -0.484 e. The van der Waals surface area contributed by atoms with Crippen LogP contribution in [0.25, 0.3) is 0 Å². The highest BCUT2D eigenvalue weighted by molar-refractivity contribution is 6.05. The molecule has 7 heteroatoms. The molecule has 6 nitrogen and oxygen atoms in total. The molecule has 33 heavy (non-hydrogen) atoms. The minimum absolute atomic E-state index is 0.166. The number of nitrogens with zero attached hydrogens (tertiary/aromatic N) is 3. The van der Waals surface area contributed by atoms with Crippen LogP contribution in [0.5, 0.6) is 5.75 Å². The number of rotatable bonds is 3. The quantitative estimate of drug-likeness (QED) is 0.560. The van der Waals surface area contributed by atoms with Crippen molar-refractivity contribution in [3.63, 3.8) is 0 Å². The number of carbonyl (C=O) groups excluding carboxylic acids is 1. The number of aryl methyl sites for hydroxylation is 3. The van der Waals surface area contributed by atoms with Gasteiger partial charge in [0.15, 0.2) is 0 Å². The Bertz CT molecular complexity index is 1290. The molecule has 0 bridgehead atoms. The number of urea groups is 1. The predicted molar refractivity (Wildman–Crippen MR) is 123 cm³/mol. The number of nitrogens with one attached hydrogen (secondary N) is 1. The molecule has 6 rings (SSSR count). The zero-order valence-electron chi connectivity index (χ0n) is 18.7. The van der Waals surface area contributed by atoms with E-state index in [2.05, 4.69) is 16.4 Å². The highest BCUT2D eigenvalue weighted by Gasteiger charge is 2.35. The molecule has 2 aliphatic heterocycles. The SMILES string of the molecule is Cc1cc2c(c(C3CC3)n1)CN(c1cc3c(cc1C)CCC(c1ncccc1F)O3)C(=O)N2. The number of hydrogen-bond donors (Lipinski definition) is 1. The van der Waals surface area contributed by atoms with Gasteiger partial charge in [0.25, 0.3) is 0 Å². The van der Waals surface area contributed by atoms with Crippen molar-refractivity contribution < 1.29 is 13.9 Å². The molecule has 2 aromatic heterocycles. The van der Waals surface area contributed by atoms with Crippen LogP contribution in [0.3, 0.4) is 0 Å². The fraction of sp³-hybridized carbons (Fsp3) is 0.346. The first kappa shape index (κ1) is 20.1. The van der Waals surface area contributed by atoms with Gasteiger partial charge in [0.1, 0.15) is 23.4 Å². The molecule has 1 saturated carbocycles. The van der Waals surface area contributed by atoms with E-state index < -0.39 is 6.10 Å². The third-order valence-corrected chi connectivity index (χ3v) is 6.76. The third kappa shape index (κ3) is 3.52. The van der Waals surface area contributed by atoms with E-state index in [1.807, 2.05) is 26.0 Å². The Morgan fingerprint density at radius 3 is 2.79 bits per heavy atom. The van der Waals surface area contributed by atoms with E-state index in [0.29, 0.717) is 30.3 Å². The Labute approximate surface area is 191 Å². The normalized spacial score (nSPS) is 19.4. The maximum atomic E-state index is 14.3. The van der Waals surface area contributed by atoms with Gasteiger partial charge in [0.05, 0.1) is 23.6 Å². The number of fused-ring (bicyclic) bond motifs is 2. The van der Waals surface area contributed by atoms with Crippen LogP contribution in [0.15, 0.2) is 36.5 Å².